The highest BCUT2D eigenvalue weighted by Gasteiger charge is 2.35. The maximum absolute atomic E-state index is 12.5. The Labute approximate surface area is 171 Å². The number of nitrogens with one attached hydrogen (secondary N) is 1. The monoisotopic (exact) mass is 410 g/mol. The van der Waals surface area contributed by atoms with Gasteiger partial charge in [0.1, 0.15) is 11.4 Å². The molecule has 3 rings (SSSR count). The first kappa shape index (κ1) is 22.2. The van der Waals surface area contributed by atoms with E-state index in [2.05, 4.69) is 22.2 Å². The summed E-state index contributed by atoms with van der Waals surface area (Å²) in [4.78, 5) is 30.1. The number of carbonyl (C=O) groups is 2. The van der Waals surface area contributed by atoms with E-state index in [9.17, 15) is 14.7 Å². The molecule has 0 spiro atoms. The van der Waals surface area contributed by atoms with E-state index in [0.29, 0.717) is 12.3 Å². The van der Waals surface area contributed by atoms with E-state index >= 15 is 0 Å². The van der Waals surface area contributed by atoms with Gasteiger partial charge in [-0.2, -0.15) is 0 Å². The van der Waals surface area contributed by atoms with Crippen molar-refractivity contribution in [2.24, 2.45) is 0 Å². The third-order valence-corrected chi connectivity index (χ3v) is 4.85. The van der Waals surface area contributed by atoms with Crippen molar-refractivity contribution in [1.82, 2.24) is 20.0 Å². The van der Waals surface area contributed by atoms with Gasteiger partial charge in [0.2, 0.25) is 0 Å². The molecule has 0 aromatic heterocycles. The van der Waals surface area contributed by atoms with Gasteiger partial charge >= 0.3 is 6.03 Å². The Kier molecular flexibility index (Phi) is 7.82. The molecule has 154 valence electrons. The van der Waals surface area contributed by atoms with Crippen LogP contribution >= 0.6 is 12.4 Å². The summed E-state index contributed by atoms with van der Waals surface area (Å²) in [5.74, 6) is 0.292. The Hall–Kier alpha value is -2.13. The molecule has 0 bridgehead atoms. The number of carbonyl (C=O) groups excluding carboxylic acids is 2. The number of likely N-dealkylation sites (N-methyl/N-ethyl adjacent to an activating group) is 1. The Morgan fingerprint density at radius 1 is 1.14 bits per heavy atom. The van der Waals surface area contributed by atoms with Gasteiger partial charge in [0.15, 0.2) is 0 Å². The molecule has 2 aliphatic rings. The highest BCUT2D eigenvalue weighted by Crippen LogP contribution is 2.17. The average molecular weight is 411 g/mol. The summed E-state index contributed by atoms with van der Waals surface area (Å²) in [5, 5.41) is 12.9. The minimum absolute atomic E-state index is 0. The van der Waals surface area contributed by atoms with E-state index in [1.807, 2.05) is 0 Å². The third-order valence-electron chi connectivity index (χ3n) is 4.85. The summed E-state index contributed by atoms with van der Waals surface area (Å²) in [6.07, 6.45) is 0.843. The van der Waals surface area contributed by atoms with Gasteiger partial charge < -0.3 is 20.1 Å². The Bertz CT molecular complexity index is 717. The Morgan fingerprint density at radius 2 is 1.79 bits per heavy atom. The summed E-state index contributed by atoms with van der Waals surface area (Å²) < 4.78 is 5.11. The number of aliphatic hydroxyl groups is 1. The van der Waals surface area contributed by atoms with Crippen LogP contribution < -0.4 is 10.1 Å². The minimum atomic E-state index is -0.775. The number of nitrogens with zero attached hydrogens (tertiary/aromatic N) is 3. The first-order valence-corrected chi connectivity index (χ1v) is 9.04. The van der Waals surface area contributed by atoms with Gasteiger partial charge in [-0.05, 0) is 30.8 Å². The van der Waals surface area contributed by atoms with Crippen LogP contribution in [0.1, 0.15) is 5.56 Å². The fourth-order valence-electron chi connectivity index (χ4n) is 3.20. The SMILES string of the molecule is COc1ccc(/C=C2\NC(=O)N(CC(O)CN3CCN(C)CC3)C2=O)cc1.Cl. The lowest BCUT2D eigenvalue weighted by Crippen LogP contribution is -2.49. The summed E-state index contributed by atoms with van der Waals surface area (Å²) >= 11 is 0. The molecule has 0 radical (unpaired) electrons. The molecule has 0 aliphatic carbocycles. The molecule has 2 heterocycles. The zero-order valence-electron chi connectivity index (χ0n) is 16.1. The number of hydrogen-bond donors (Lipinski definition) is 2. The normalized spacial score (nSPS) is 20.8. The number of aliphatic hydroxyl groups excluding tert-OH is 1. The fourth-order valence-corrected chi connectivity index (χ4v) is 3.20. The molecular weight excluding hydrogens is 384 g/mol. The van der Waals surface area contributed by atoms with Crippen molar-refractivity contribution in [1.29, 1.82) is 0 Å². The van der Waals surface area contributed by atoms with Crippen LogP contribution in [-0.4, -0.2) is 91.3 Å². The standard InChI is InChI=1S/C19H26N4O4.ClH/c1-21-7-9-22(10-8-21)12-15(24)13-23-18(25)17(20-19(23)26)11-14-3-5-16(27-2)6-4-14;/h3-6,11,15,24H,7-10,12-13H2,1-2H3,(H,20,26);1H/b17-11-;. The maximum atomic E-state index is 12.5. The number of benzene rings is 1. The number of halogens is 1. The van der Waals surface area contributed by atoms with Gasteiger partial charge in [0.25, 0.3) is 5.91 Å². The molecule has 2 fully saturated rings. The third kappa shape index (κ3) is 5.45. The van der Waals surface area contributed by atoms with Gasteiger partial charge in [-0.25, -0.2) is 4.79 Å². The summed E-state index contributed by atoms with van der Waals surface area (Å²) in [6, 6.07) is 6.67. The topological polar surface area (TPSA) is 85.3 Å². The highest BCUT2D eigenvalue weighted by atomic mass is 35.5. The van der Waals surface area contributed by atoms with Crippen LogP contribution in [0.15, 0.2) is 30.0 Å². The molecule has 1 atom stereocenters. The molecule has 9 heteroatoms. The van der Waals surface area contributed by atoms with Crippen LogP contribution in [0.3, 0.4) is 0 Å². The van der Waals surface area contributed by atoms with Crippen LogP contribution in [0.2, 0.25) is 0 Å². The molecule has 2 aliphatic heterocycles. The van der Waals surface area contributed by atoms with Crippen molar-refractivity contribution >= 4 is 30.4 Å². The molecule has 2 N–H and O–H groups in total. The number of hydrogen-bond acceptors (Lipinski definition) is 6. The molecule has 1 aromatic rings. The lowest BCUT2D eigenvalue weighted by molar-refractivity contribution is -0.124. The molecule has 28 heavy (non-hydrogen) atoms. The van der Waals surface area contributed by atoms with E-state index in [1.54, 1.807) is 37.5 Å². The van der Waals surface area contributed by atoms with Crippen molar-refractivity contribution < 1.29 is 19.4 Å². The molecule has 1 aromatic carbocycles. The Morgan fingerprint density at radius 3 is 2.39 bits per heavy atom. The lowest BCUT2D eigenvalue weighted by atomic mass is 10.2. The van der Waals surface area contributed by atoms with Crippen LogP contribution in [-0.2, 0) is 4.79 Å². The van der Waals surface area contributed by atoms with Crippen molar-refractivity contribution in [3.8, 4) is 5.75 Å². The maximum Gasteiger partial charge on any atom is 0.329 e. The number of ether oxygens (including phenoxy) is 1. The predicted molar refractivity (Wildman–Crippen MR) is 108 cm³/mol. The second-order valence-corrected chi connectivity index (χ2v) is 6.93. The van der Waals surface area contributed by atoms with E-state index in [0.717, 1.165) is 36.6 Å². The first-order valence-electron chi connectivity index (χ1n) is 9.04. The molecule has 1 unspecified atom stereocenters. The number of imide groups is 1. The predicted octanol–water partition coefficient (Wildman–Crippen LogP) is 0.618. The fraction of sp³-hybridized carbons (Fsp3) is 0.474. The number of piperazine rings is 1. The van der Waals surface area contributed by atoms with E-state index in [1.165, 1.54) is 0 Å². The van der Waals surface area contributed by atoms with E-state index in [-0.39, 0.29) is 24.6 Å². The van der Waals surface area contributed by atoms with Crippen LogP contribution in [0, 0.1) is 0 Å². The molecule has 3 amide bonds. The number of amides is 3. The Balaban J connectivity index is 0.00000280. The zero-order valence-corrected chi connectivity index (χ0v) is 16.9. The van der Waals surface area contributed by atoms with Gasteiger partial charge in [0, 0.05) is 32.7 Å². The quantitative estimate of drug-likeness (QED) is 0.528. The summed E-state index contributed by atoms with van der Waals surface area (Å²) in [7, 11) is 3.65. The minimum Gasteiger partial charge on any atom is -0.497 e. The van der Waals surface area contributed by atoms with Crippen LogP contribution in [0.5, 0.6) is 5.75 Å². The number of urea groups is 1. The van der Waals surface area contributed by atoms with E-state index < -0.39 is 18.0 Å². The smallest absolute Gasteiger partial charge is 0.329 e. The van der Waals surface area contributed by atoms with Gasteiger partial charge in [-0.1, -0.05) is 12.1 Å². The zero-order chi connectivity index (χ0) is 19.4. The first-order chi connectivity index (χ1) is 13.0. The molecule has 2 saturated heterocycles. The number of methoxy groups -OCH3 is 1. The molecular formula is C19H27ClN4O4. The van der Waals surface area contributed by atoms with Gasteiger partial charge in [-0.15, -0.1) is 12.4 Å². The number of β-amino-alcohol motifs (C(OH)–C–C–N with tert-alkyl or cyclic N) is 1. The van der Waals surface area contributed by atoms with Crippen LogP contribution in [0.4, 0.5) is 4.79 Å². The summed E-state index contributed by atoms with van der Waals surface area (Å²) in [5.41, 5.74) is 0.983. The molecule has 8 nitrogen and oxygen atoms in total. The highest BCUT2D eigenvalue weighted by molar-refractivity contribution is 6.14. The van der Waals surface area contributed by atoms with Crippen LogP contribution in [0.25, 0.3) is 6.08 Å². The lowest BCUT2D eigenvalue weighted by Gasteiger charge is -2.33. The van der Waals surface area contributed by atoms with Gasteiger partial charge in [-0.3, -0.25) is 14.6 Å². The molecule has 0 saturated carbocycles. The number of rotatable bonds is 6. The average Bonchev–Trinajstić information content (AvgIpc) is 2.91. The van der Waals surface area contributed by atoms with Crippen molar-refractivity contribution in [3.05, 3.63) is 35.5 Å². The van der Waals surface area contributed by atoms with Crippen molar-refractivity contribution in [2.45, 2.75) is 6.10 Å². The largest absolute Gasteiger partial charge is 0.497 e. The van der Waals surface area contributed by atoms with E-state index in [4.69, 9.17) is 4.74 Å². The van der Waals surface area contributed by atoms with Crippen molar-refractivity contribution in [3.63, 3.8) is 0 Å². The second kappa shape index (κ2) is 9.88. The van der Waals surface area contributed by atoms with Crippen molar-refractivity contribution in [2.75, 3.05) is 53.4 Å². The summed E-state index contributed by atoms with van der Waals surface area (Å²) in [6.45, 7) is 4.07. The second-order valence-electron chi connectivity index (χ2n) is 6.93. The van der Waals surface area contributed by atoms with Gasteiger partial charge in [0.05, 0.1) is 19.8 Å².